The van der Waals surface area contributed by atoms with E-state index in [4.69, 9.17) is 0 Å². The molecule has 0 aliphatic heterocycles. The zero-order valence-electron chi connectivity index (χ0n) is 8.59. The Hall–Kier alpha value is -1.46. The SMILES string of the molecule is CN(C)C(=O)c1ccc(C(F)(F)F)n1C. The molecule has 0 spiro atoms. The smallest absolute Gasteiger partial charge is 0.343 e. The van der Waals surface area contributed by atoms with Gasteiger partial charge in [-0.2, -0.15) is 13.2 Å². The van der Waals surface area contributed by atoms with Crippen LogP contribution in [0.5, 0.6) is 0 Å². The summed E-state index contributed by atoms with van der Waals surface area (Å²) in [5.41, 5.74) is -0.806. The second-order valence-electron chi connectivity index (χ2n) is 3.36. The largest absolute Gasteiger partial charge is 0.431 e. The van der Waals surface area contributed by atoms with E-state index in [-0.39, 0.29) is 5.69 Å². The fraction of sp³-hybridized carbons (Fsp3) is 0.444. The number of halogens is 3. The minimum Gasteiger partial charge on any atom is -0.343 e. The van der Waals surface area contributed by atoms with Crippen molar-refractivity contribution in [2.24, 2.45) is 7.05 Å². The number of carbonyl (C=O) groups excluding carboxylic acids is 1. The summed E-state index contributed by atoms with van der Waals surface area (Å²) in [4.78, 5) is 12.7. The second kappa shape index (κ2) is 3.60. The molecule has 0 fully saturated rings. The fourth-order valence-corrected chi connectivity index (χ4v) is 1.24. The second-order valence-corrected chi connectivity index (χ2v) is 3.36. The fourth-order valence-electron chi connectivity index (χ4n) is 1.24. The summed E-state index contributed by atoms with van der Waals surface area (Å²) in [6.45, 7) is 0. The quantitative estimate of drug-likeness (QED) is 0.707. The average molecular weight is 220 g/mol. The molecule has 0 bridgehead atoms. The predicted octanol–water partition coefficient (Wildman–Crippen LogP) is 1.75. The summed E-state index contributed by atoms with van der Waals surface area (Å²) in [6, 6.07) is 2.07. The third-order valence-electron chi connectivity index (χ3n) is 2.04. The van der Waals surface area contributed by atoms with Crippen LogP contribution in [0.3, 0.4) is 0 Å². The van der Waals surface area contributed by atoms with Crippen molar-refractivity contribution in [3.05, 3.63) is 23.5 Å². The lowest BCUT2D eigenvalue weighted by molar-refractivity contribution is -0.143. The topological polar surface area (TPSA) is 25.2 Å². The summed E-state index contributed by atoms with van der Waals surface area (Å²) in [7, 11) is 4.20. The highest BCUT2D eigenvalue weighted by molar-refractivity contribution is 5.92. The van der Waals surface area contributed by atoms with E-state index in [1.54, 1.807) is 0 Å². The number of amides is 1. The number of hydrogen-bond donors (Lipinski definition) is 0. The highest BCUT2D eigenvalue weighted by atomic mass is 19.4. The Morgan fingerprint density at radius 2 is 1.87 bits per heavy atom. The van der Waals surface area contributed by atoms with Crippen LogP contribution >= 0.6 is 0 Å². The zero-order chi connectivity index (χ0) is 11.8. The number of nitrogens with zero attached hydrogens (tertiary/aromatic N) is 2. The molecule has 1 rings (SSSR count). The number of alkyl halides is 3. The van der Waals surface area contributed by atoms with E-state index in [0.29, 0.717) is 0 Å². The van der Waals surface area contributed by atoms with Gasteiger partial charge in [0.1, 0.15) is 11.4 Å². The van der Waals surface area contributed by atoms with Gasteiger partial charge in [0, 0.05) is 21.1 Å². The van der Waals surface area contributed by atoms with Gasteiger partial charge in [0.05, 0.1) is 0 Å². The lowest BCUT2D eigenvalue weighted by Crippen LogP contribution is -2.25. The van der Waals surface area contributed by atoms with E-state index in [0.717, 1.165) is 10.6 Å². The molecule has 0 saturated carbocycles. The maximum absolute atomic E-state index is 12.4. The van der Waals surface area contributed by atoms with E-state index >= 15 is 0 Å². The van der Waals surface area contributed by atoms with Crippen LogP contribution in [0.2, 0.25) is 0 Å². The van der Waals surface area contributed by atoms with Crippen LogP contribution in [0.4, 0.5) is 13.2 Å². The van der Waals surface area contributed by atoms with Crippen LogP contribution in [0, 0.1) is 0 Å². The van der Waals surface area contributed by atoms with Crippen molar-refractivity contribution < 1.29 is 18.0 Å². The van der Waals surface area contributed by atoms with Crippen LogP contribution in [0.15, 0.2) is 12.1 Å². The van der Waals surface area contributed by atoms with Gasteiger partial charge in [-0.15, -0.1) is 0 Å². The molecule has 0 aliphatic rings. The Balaban J connectivity index is 3.16. The Morgan fingerprint density at radius 1 is 1.33 bits per heavy atom. The molecule has 0 aromatic carbocycles. The van der Waals surface area contributed by atoms with Crippen molar-refractivity contribution in [2.75, 3.05) is 14.1 Å². The van der Waals surface area contributed by atoms with Crippen LogP contribution < -0.4 is 0 Å². The molecule has 15 heavy (non-hydrogen) atoms. The molecule has 1 amide bonds. The first-order chi connectivity index (χ1) is 6.75. The van der Waals surface area contributed by atoms with Crippen molar-refractivity contribution in [3.63, 3.8) is 0 Å². The van der Waals surface area contributed by atoms with Crippen molar-refractivity contribution in [3.8, 4) is 0 Å². The Bertz CT molecular complexity index is 379. The molecular formula is C9H11F3N2O. The maximum atomic E-state index is 12.4. The van der Waals surface area contributed by atoms with Crippen molar-refractivity contribution in [1.82, 2.24) is 9.47 Å². The van der Waals surface area contributed by atoms with Crippen LogP contribution in [0.1, 0.15) is 16.2 Å². The lowest BCUT2D eigenvalue weighted by Gasteiger charge is -2.13. The molecule has 0 aliphatic carbocycles. The van der Waals surface area contributed by atoms with Gasteiger partial charge in [0.2, 0.25) is 0 Å². The first kappa shape index (κ1) is 11.6. The van der Waals surface area contributed by atoms with Crippen molar-refractivity contribution in [2.45, 2.75) is 6.18 Å². The molecule has 0 unspecified atom stereocenters. The normalized spacial score (nSPS) is 11.6. The van der Waals surface area contributed by atoms with Crippen LogP contribution in [-0.4, -0.2) is 29.5 Å². The average Bonchev–Trinajstić information content (AvgIpc) is 2.44. The monoisotopic (exact) mass is 220 g/mol. The number of carbonyl (C=O) groups is 1. The van der Waals surface area contributed by atoms with E-state index in [1.807, 2.05) is 0 Å². The molecule has 0 atom stereocenters. The third kappa shape index (κ3) is 2.14. The van der Waals surface area contributed by atoms with E-state index in [2.05, 4.69) is 0 Å². The lowest BCUT2D eigenvalue weighted by atomic mass is 10.4. The van der Waals surface area contributed by atoms with Gasteiger partial charge in [-0.1, -0.05) is 0 Å². The Kier molecular flexibility index (Phi) is 2.79. The predicted molar refractivity (Wildman–Crippen MR) is 48.4 cm³/mol. The molecule has 1 aromatic heterocycles. The highest BCUT2D eigenvalue weighted by Gasteiger charge is 2.35. The molecule has 84 valence electrons. The number of aromatic nitrogens is 1. The summed E-state index contributed by atoms with van der Waals surface area (Å²) < 4.78 is 38.0. The molecule has 0 radical (unpaired) electrons. The summed E-state index contributed by atoms with van der Waals surface area (Å²) in [5.74, 6) is -0.451. The Morgan fingerprint density at radius 3 is 2.20 bits per heavy atom. The van der Waals surface area contributed by atoms with Gasteiger partial charge in [-0.25, -0.2) is 0 Å². The zero-order valence-corrected chi connectivity index (χ0v) is 8.59. The van der Waals surface area contributed by atoms with Gasteiger partial charge in [0.15, 0.2) is 0 Å². The maximum Gasteiger partial charge on any atom is 0.431 e. The standard InChI is InChI=1S/C9H11F3N2O/c1-13(2)8(15)6-4-5-7(14(6)3)9(10,11)12/h4-5H,1-3H3. The third-order valence-corrected chi connectivity index (χ3v) is 2.04. The van der Waals surface area contributed by atoms with Crippen molar-refractivity contribution in [1.29, 1.82) is 0 Å². The first-order valence-corrected chi connectivity index (χ1v) is 4.19. The molecule has 0 N–H and O–H groups in total. The van der Waals surface area contributed by atoms with E-state index < -0.39 is 17.8 Å². The van der Waals surface area contributed by atoms with E-state index in [9.17, 15) is 18.0 Å². The molecule has 0 saturated heterocycles. The highest BCUT2D eigenvalue weighted by Crippen LogP contribution is 2.30. The summed E-state index contributed by atoms with van der Waals surface area (Å²) >= 11 is 0. The van der Waals surface area contributed by atoms with Gasteiger partial charge in [-0.05, 0) is 12.1 Å². The Labute approximate surface area is 85.1 Å². The van der Waals surface area contributed by atoms with Gasteiger partial charge >= 0.3 is 6.18 Å². The van der Waals surface area contributed by atoms with Crippen molar-refractivity contribution >= 4 is 5.91 Å². The minimum absolute atomic E-state index is 0.0207. The van der Waals surface area contributed by atoms with Crippen LogP contribution in [-0.2, 0) is 13.2 Å². The van der Waals surface area contributed by atoms with Gasteiger partial charge in [0.25, 0.3) is 5.91 Å². The minimum atomic E-state index is -4.43. The molecule has 1 heterocycles. The molecular weight excluding hydrogens is 209 g/mol. The van der Waals surface area contributed by atoms with Crippen LogP contribution in [0.25, 0.3) is 0 Å². The molecule has 1 aromatic rings. The summed E-state index contributed by atoms with van der Waals surface area (Å²) in [5, 5.41) is 0. The summed E-state index contributed by atoms with van der Waals surface area (Å²) in [6.07, 6.45) is -4.43. The van der Waals surface area contributed by atoms with E-state index in [1.165, 1.54) is 32.1 Å². The van der Waals surface area contributed by atoms with Gasteiger partial charge < -0.3 is 9.47 Å². The number of rotatable bonds is 1. The van der Waals surface area contributed by atoms with Gasteiger partial charge in [-0.3, -0.25) is 4.79 Å². The number of hydrogen-bond acceptors (Lipinski definition) is 1. The molecule has 3 nitrogen and oxygen atoms in total. The first-order valence-electron chi connectivity index (χ1n) is 4.19. The molecule has 6 heteroatoms.